The molecule has 10 heteroatoms. The standard InChI is InChI=1S/C28H29ClN4O5/c1-3-4-15-37-23-13-11-21(12-14-23)32-27(35)28(36)33-30-17-20-7-5-6-8-25(20)38-18-26(34)31-22-10-9-19(2)24(29)16-22/h5-14,16-17H,3-4,15,18H2,1-2H3,(H,31,34)(H,32,35)(H,33,36)/b30-17-. The molecule has 38 heavy (non-hydrogen) atoms. The van der Waals surface area contributed by atoms with E-state index in [2.05, 4.69) is 28.1 Å². The van der Waals surface area contributed by atoms with Crippen LogP contribution in [0.25, 0.3) is 0 Å². The molecule has 3 rings (SSSR count). The number of rotatable bonds is 11. The Bertz CT molecular complexity index is 1290. The third kappa shape index (κ3) is 8.94. The van der Waals surface area contributed by atoms with Crippen LogP contribution in [0.3, 0.4) is 0 Å². The predicted molar refractivity (Wildman–Crippen MR) is 148 cm³/mol. The number of nitrogens with zero attached hydrogens (tertiary/aromatic N) is 1. The zero-order valence-corrected chi connectivity index (χ0v) is 21.9. The van der Waals surface area contributed by atoms with Crippen LogP contribution in [-0.4, -0.2) is 37.1 Å². The van der Waals surface area contributed by atoms with Crippen LogP contribution in [0, 0.1) is 6.92 Å². The number of amides is 3. The van der Waals surface area contributed by atoms with E-state index in [4.69, 9.17) is 21.1 Å². The second kappa shape index (κ2) is 14.4. The summed E-state index contributed by atoms with van der Waals surface area (Å²) in [5, 5.41) is 9.59. The van der Waals surface area contributed by atoms with E-state index in [9.17, 15) is 14.4 Å². The molecule has 3 amide bonds. The number of anilines is 2. The molecule has 0 atom stereocenters. The molecule has 0 saturated heterocycles. The van der Waals surface area contributed by atoms with Gasteiger partial charge in [-0.25, -0.2) is 5.43 Å². The summed E-state index contributed by atoms with van der Waals surface area (Å²) in [6.45, 7) is 4.31. The summed E-state index contributed by atoms with van der Waals surface area (Å²) < 4.78 is 11.2. The summed E-state index contributed by atoms with van der Waals surface area (Å²) in [4.78, 5) is 36.6. The number of halogens is 1. The molecule has 0 saturated carbocycles. The molecule has 3 aromatic carbocycles. The van der Waals surface area contributed by atoms with Gasteiger partial charge in [-0.3, -0.25) is 14.4 Å². The van der Waals surface area contributed by atoms with Crippen LogP contribution in [-0.2, 0) is 14.4 Å². The van der Waals surface area contributed by atoms with Crippen molar-refractivity contribution in [1.82, 2.24) is 5.43 Å². The molecule has 0 radical (unpaired) electrons. The first-order valence-corrected chi connectivity index (χ1v) is 12.4. The lowest BCUT2D eigenvalue weighted by atomic mass is 10.2. The summed E-state index contributed by atoms with van der Waals surface area (Å²) in [5.41, 5.74) is 4.58. The number of carbonyl (C=O) groups excluding carboxylic acids is 3. The van der Waals surface area contributed by atoms with E-state index in [1.807, 2.05) is 6.92 Å². The van der Waals surface area contributed by atoms with Crippen LogP contribution >= 0.6 is 11.6 Å². The van der Waals surface area contributed by atoms with Gasteiger partial charge in [-0.1, -0.05) is 43.1 Å². The van der Waals surface area contributed by atoms with Gasteiger partial charge >= 0.3 is 11.8 Å². The molecule has 0 unspecified atom stereocenters. The SMILES string of the molecule is CCCCOc1ccc(NC(=O)C(=O)N/N=C\c2ccccc2OCC(=O)Nc2ccc(C)c(Cl)c2)cc1. The Kier molecular flexibility index (Phi) is 10.7. The number of unbranched alkanes of at least 4 members (excludes halogenated alkanes) is 1. The number of carbonyl (C=O) groups is 3. The lowest BCUT2D eigenvalue weighted by molar-refractivity contribution is -0.136. The maximum atomic E-state index is 12.3. The molecule has 0 aliphatic heterocycles. The zero-order valence-electron chi connectivity index (χ0n) is 21.1. The van der Waals surface area contributed by atoms with Crippen LogP contribution in [0.15, 0.2) is 71.8 Å². The number of hydrazone groups is 1. The first-order valence-electron chi connectivity index (χ1n) is 12.0. The summed E-state index contributed by atoms with van der Waals surface area (Å²) in [6.07, 6.45) is 3.31. The Labute approximate surface area is 226 Å². The Morgan fingerprint density at radius 2 is 1.66 bits per heavy atom. The van der Waals surface area contributed by atoms with E-state index in [1.54, 1.807) is 66.7 Å². The number of para-hydroxylation sites is 1. The van der Waals surface area contributed by atoms with Crippen molar-refractivity contribution in [3.63, 3.8) is 0 Å². The molecule has 9 nitrogen and oxygen atoms in total. The van der Waals surface area contributed by atoms with Gasteiger partial charge in [0, 0.05) is 22.0 Å². The van der Waals surface area contributed by atoms with Gasteiger partial charge in [-0.15, -0.1) is 0 Å². The first-order chi connectivity index (χ1) is 18.4. The zero-order chi connectivity index (χ0) is 27.3. The highest BCUT2D eigenvalue weighted by Gasteiger charge is 2.13. The Morgan fingerprint density at radius 1 is 0.921 bits per heavy atom. The normalized spacial score (nSPS) is 10.6. The van der Waals surface area contributed by atoms with Crippen molar-refractivity contribution >= 4 is 46.9 Å². The molecule has 0 fully saturated rings. The Hall–Kier alpha value is -4.37. The molecular formula is C28H29ClN4O5. The molecule has 0 aromatic heterocycles. The number of aryl methyl sites for hydroxylation is 1. The highest BCUT2D eigenvalue weighted by molar-refractivity contribution is 6.39. The van der Waals surface area contributed by atoms with Crippen LogP contribution in [0.5, 0.6) is 11.5 Å². The van der Waals surface area contributed by atoms with E-state index in [-0.39, 0.29) is 12.5 Å². The molecule has 198 valence electrons. The van der Waals surface area contributed by atoms with Crippen LogP contribution in [0.2, 0.25) is 5.02 Å². The van der Waals surface area contributed by atoms with E-state index < -0.39 is 11.8 Å². The summed E-state index contributed by atoms with van der Waals surface area (Å²) in [6, 6.07) is 18.8. The fourth-order valence-corrected chi connectivity index (χ4v) is 3.28. The van der Waals surface area contributed by atoms with Crippen LogP contribution in [0.4, 0.5) is 11.4 Å². The second-order valence-corrected chi connectivity index (χ2v) is 8.63. The lowest BCUT2D eigenvalue weighted by Crippen LogP contribution is -2.32. The minimum Gasteiger partial charge on any atom is -0.494 e. The van der Waals surface area contributed by atoms with Gasteiger partial charge < -0.3 is 20.1 Å². The molecule has 0 spiro atoms. The van der Waals surface area contributed by atoms with E-state index >= 15 is 0 Å². The largest absolute Gasteiger partial charge is 0.494 e. The van der Waals surface area contributed by atoms with Gasteiger partial charge in [-0.05, 0) is 67.4 Å². The van der Waals surface area contributed by atoms with Gasteiger partial charge in [-0.2, -0.15) is 5.10 Å². The summed E-state index contributed by atoms with van der Waals surface area (Å²) in [7, 11) is 0. The van der Waals surface area contributed by atoms with E-state index in [1.165, 1.54) is 6.21 Å². The van der Waals surface area contributed by atoms with Gasteiger partial charge in [0.25, 0.3) is 5.91 Å². The molecular weight excluding hydrogens is 508 g/mol. The first kappa shape index (κ1) is 28.2. The van der Waals surface area contributed by atoms with E-state index in [0.29, 0.717) is 40.1 Å². The maximum Gasteiger partial charge on any atom is 0.329 e. The fraction of sp³-hybridized carbons (Fsp3) is 0.214. The highest BCUT2D eigenvalue weighted by Crippen LogP contribution is 2.20. The third-order valence-corrected chi connectivity index (χ3v) is 5.60. The van der Waals surface area contributed by atoms with Gasteiger partial charge in [0.15, 0.2) is 6.61 Å². The Balaban J connectivity index is 1.48. The lowest BCUT2D eigenvalue weighted by Gasteiger charge is -2.10. The highest BCUT2D eigenvalue weighted by atomic mass is 35.5. The molecule has 0 aliphatic carbocycles. The molecule has 3 aromatic rings. The van der Waals surface area contributed by atoms with E-state index in [0.717, 1.165) is 18.4 Å². The predicted octanol–water partition coefficient (Wildman–Crippen LogP) is 4.93. The average molecular weight is 537 g/mol. The van der Waals surface area contributed by atoms with Crippen molar-refractivity contribution in [3.8, 4) is 11.5 Å². The van der Waals surface area contributed by atoms with Crippen LogP contribution < -0.4 is 25.5 Å². The van der Waals surface area contributed by atoms with Gasteiger partial charge in [0.2, 0.25) is 0 Å². The number of ether oxygens (including phenoxy) is 2. The smallest absolute Gasteiger partial charge is 0.329 e. The average Bonchev–Trinajstić information content (AvgIpc) is 2.91. The van der Waals surface area contributed by atoms with Crippen molar-refractivity contribution in [3.05, 3.63) is 82.9 Å². The number of hydrogen-bond donors (Lipinski definition) is 3. The van der Waals surface area contributed by atoms with Crippen molar-refractivity contribution in [1.29, 1.82) is 0 Å². The second-order valence-electron chi connectivity index (χ2n) is 8.22. The van der Waals surface area contributed by atoms with Gasteiger partial charge in [0.05, 0.1) is 12.8 Å². The van der Waals surface area contributed by atoms with Crippen molar-refractivity contribution < 1.29 is 23.9 Å². The number of nitrogens with one attached hydrogen (secondary N) is 3. The topological polar surface area (TPSA) is 118 Å². The summed E-state index contributed by atoms with van der Waals surface area (Å²) >= 11 is 6.09. The third-order valence-electron chi connectivity index (χ3n) is 5.19. The summed E-state index contributed by atoms with van der Waals surface area (Å²) in [5.74, 6) is -1.14. The molecule has 0 heterocycles. The molecule has 0 bridgehead atoms. The molecule has 3 N–H and O–H groups in total. The monoisotopic (exact) mass is 536 g/mol. The number of benzene rings is 3. The van der Waals surface area contributed by atoms with Crippen LogP contribution in [0.1, 0.15) is 30.9 Å². The number of hydrogen-bond acceptors (Lipinski definition) is 6. The fourth-order valence-electron chi connectivity index (χ4n) is 3.10. The van der Waals surface area contributed by atoms with Crippen molar-refractivity contribution in [2.24, 2.45) is 5.10 Å². The minimum absolute atomic E-state index is 0.256. The van der Waals surface area contributed by atoms with Crippen molar-refractivity contribution in [2.75, 3.05) is 23.8 Å². The maximum absolute atomic E-state index is 12.3. The van der Waals surface area contributed by atoms with Gasteiger partial charge in [0.1, 0.15) is 11.5 Å². The Morgan fingerprint density at radius 3 is 2.39 bits per heavy atom. The van der Waals surface area contributed by atoms with Crippen molar-refractivity contribution in [2.45, 2.75) is 26.7 Å². The quantitative estimate of drug-likeness (QED) is 0.139. The molecule has 0 aliphatic rings. The minimum atomic E-state index is -0.945.